The van der Waals surface area contributed by atoms with Gasteiger partial charge in [-0.15, -0.1) is 10.2 Å². The van der Waals surface area contributed by atoms with Crippen molar-refractivity contribution in [3.63, 3.8) is 0 Å². The fourth-order valence-corrected chi connectivity index (χ4v) is 3.70. The van der Waals surface area contributed by atoms with Gasteiger partial charge in [-0.1, -0.05) is 0 Å². The highest BCUT2D eigenvalue weighted by molar-refractivity contribution is 5.58. The van der Waals surface area contributed by atoms with Crippen molar-refractivity contribution in [2.24, 2.45) is 0 Å². The third-order valence-corrected chi connectivity index (χ3v) is 4.84. The van der Waals surface area contributed by atoms with Crippen molar-refractivity contribution in [3.05, 3.63) is 11.8 Å². The minimum absolute atomic E-state index is 0.249. The number of hydrogen-bond acceptors (Lipinski definition) is 7. The Balaban J connectivity index is 1.60. The fourth-order valence-electron chi connectivity index (χ4n) is 3.70. The van der Waals surface area contributed by atoms with Crippen LogP contribution in [0.1, 0.15) is 19.0 Å². The molecule has 4 saturated heterocycles. The molecule has 7 heteroatoms. The van der Waals surface area contributed by atoms with Gasteiger partial charge >= 0.3 is 0 Å². The van der Waals surface area contributed by atoms with E-state index in [1.165, 1.54) is 12.1 Å². The first-order valence-corrected chi connectivity index (χ1v) is 8.51. The molecule has 0 radical (unpaired) electrons. The molecule has 0 amide bonds. The normalized spacial score (nSPS) is 30.3. The summed E-state index contributed by atoms with van der Waals surface area (Å²) in [5.74, 6) is 0.969. The average Bonchev–Trinajstić information content (AvgIpc) is 2.55. The van der Waals surface area contributed by atoms with Gasteiger partial charge in [-0.05, 0) is 14.0 Å². The third-order valence-electron chi connectivity index (χ3n) is 4.84. The highest BCUT2D eigenvalue weighted by Gasteiger charge is 2.39. The molecule has 4 fully saturated rings. The number of piperidine rings is 1. The van der Waals surface area contributed by atoms with Gasteiger partial charge in [0, 0.05) is 45.2 Å². The van der Waals surface area contributed by atoms with Crippen LogP contribution in [0.25, 0.3) is 0 Å². The Labute approximate surface area is 136 Å². The SMILES string of the molecule is CNCc1nnc(N2CC3CC(C2)O3)cc1N1CCOC(C)C1. The lowest BCUT2D eigenvalue weighted by Gasteiger charge is -2.47. The van der Waals surface area contributed by atoms with Gasteiger partial charge in [-0.2, -0.15) is 0 Å². The van der Waals surface area contributed by atoms with Crippen LogP contribution in [-0.2, 0) is 16.0 Å². The lowest BCUT2D eigenvalue weighted by atomic mass is 9.99. The Bertz CT molecular complexity index is 553. The Kier molecular flexibility index (Phi) is 4.09. The fraction of sp³-hybridized carbons (Fsp3) is 0.750. The lowest BCUT2D eigenvalue weighted by molar-refractivity contribution is -0.133. The second-order valence-corrected chi connectivity index (χ2v) is 6.71. The highest BCUT2D eigenvalue weighted by atomic mass is 16.5. The van der Waals surface area contributed by atoms with Crippen molar-refractivity contribution in [1.82, 2.24) is 15.5 Å². The molecule has 7 nitrogen and oxygen atoms in total. The zero-order valence-corrected chi connectivity index (χ0v) is 13.9. The van der Waals surface area contributed by atoms with Crippen LogP contribution >= 0.6 is 0 Å². The summed E-state index contributed by atoms with van der Waals surface area (Å²) in [7, 11) is 1.94. The summed E-state index contributed by atoms with van der Waals surface area (Å²) in [6, 6.07) is 2.20. The molecular weight excluding hydrogens is 294 g/mol. The number of aromatic nitrogens is 2. The Morgan fingerprint density at radius 1 is 1.22 bits per heavy atom. The zero-order chi connectivity index (χ0) is 15.8. The van der Waals surface area contributed by atoms with E-state index in [4.69, 9.17) is 9.47 Å². The molecule has 1 aromatic heterocycles. The van der Waals surface area contributed by atoms with Gasteiger partial charge in [-0.25, -0.2) is 0 Å². The van der Waals surface area contributed by atoms with Crippen LogP contribution in [0.3, 0.4) is 0 Å². The van der Waals surface area contributed by atoms with E-state index in [0.29, 0.717) is 12.2 Å². The summed E-state index contributed by atoms with van der Waals surface area (Å²) in [6.45, 7) is 7.26. The first kappa shape index (κ1) is 15.1. The highest BCUT2D eigenvalue weighted by Crippen LogP contribution is 2.32. The predicted octanol–water partition coefficient (Wildman–Crippen LogP) is 0.399. The molecule has 3 unspecified atom stereocenters. The molecule has 1 N–H and O–H groups in total. The van der Waals surface area contributed by atoms with Crippen LogP contribution in [0.5, 0.6) is 0 Å². The van der Waals surface area contributed by atoms with Crippen LogP contribution in [0, 0.1) is 0 Å². The molecular formula is C16H25N5O2. The summed E-state index contributed by atoms with van der Waals surface area (Å²) < 4.78 is 11.4. The van der Waals surface area contributed by atoms with Crippen LogP contribution in [-0.4, -0.2) is 68.3 Å². The van der Waals surface area contributed by atoms with Gasteiger partial charge in [0.1, 0.15) is 5.69 Å². The molecule has 4 aliphatic rings. The maximum Gasteiger partial charge on any atom is 0.153 e. The number of nitrogens with zero attached hydrogens (tertiary/aromatic N) is 4. The van der Waals surface area contributed by atoms with Crippen molar-refractivity contribution >= 4 is 11.5 Å². The molecule has 126 valence electrons. The topological polar surface area (TPSA) is 62.8 Å². The van der Waals surface area contributed by atoms with E-state index in [1.54, 1.807) is 0 Å². The maximum atomic E-state index is 5.72. The van der Waals surface area contributed by atoms with E-state index in [1.807, 2.05) is 7.05 Å². The third kappa shape index (κ3) is 3.00. The van der Waals surface area contributed by atoms with Crippen molar-refractivity contribution in [1.29, 1.82) is 0 Å². The van der Waals surface area contributed by atoms with E-state index in [-0.39, 0.29) is 6.10 Å². The predicted molar refractivity (Wildman–Crippen MR) is 87.9 cm³/mol. The summed E-state index contributed by atoms with van der Waals surface area (Å²) in [6.07, 6.45) is 2.19. The quantitative estimate of drug-likeness (QED) is 0.862. The first-order chi connectivity index (χ1) is 11.2. The van der Waals surface area contributed by atoms with Crippen LogP contribution in [0.15, 0.2) is 6.07 Å². The summed E-state index contributed by atoms with van der Waals surface area (Å²) in [4.78, 5) is 4.69. The van der Waals surface area contributed by atoms with E-state index in [0.717, 1.165) is 50.8 Å². The number of morpholine rings is 2. The Morgan fingerprint density at radius 3 is 2.70 bits per heavy atom. The molecule has 3 atom stereocenters. The van der Waals surface area contributed by atoms with Gasteiger partial charge in [0.25, 0.3) is 0 Å². The van der Waals surface area contributed by atoms with Crippen molar-refractivity contribution in [3.8, 4) is 0 Å². The average molecular weight is 319 g/mol. The second kappa shape index (κ2) is 6.22. The minimum atomic E-state index is 0.249. The largest absolute Gasteiger partial charge is 0.375 e. The van der Waals surface area contributed by atoms with Gasteiger partial charge < -0.3 is 24.6 Å². The standard InChI is InChI=1S/C16H25N5O2/c1-11-8-20(3-4-22-11)15-6-16(19-18-14(15)7-17-2)21-9-12-5-13(10-21)23-12/h6,11-13,17H,3-5,7-10H2,1-2H3. The molecule has 2 bridgehead atoms. The number of anilines is 2. The number of ether oxygens (including phenoxy) is 2. The van der Waals surface area contributed by atoms with Crippen LogP contribution in [0.2, 0.25) is 0 Å². The van der Waals surface area contributed by atoms with Gasteiger partial charge in [0.05, 0.1) is 30.6 Å². The van der Waals surface area contributed by atoms with E-state index >= 15 is 0 Å². The molecule has 0 saturated carbocycles. The van der Waals surface area contributed by atoms with E-state index in [9.17, 15) is 0 Å². The number of hydrogen-bond donors (Lipinski definition) is 1. The van der Waals surface area contributed by atoms with Gasteiger partial charge in [-0.3, -0.25) is 0 Å². The molecule has 0 aromatic carbocycles. The molecule has 5 heterocycles. The van der Waals surface area contributed by atoms with Gasteiger partial charge in [0.15, 0.2) is 5.82 Å². The molecule has 1 aromatic rings. The summed E-state index contributed by atoms with van der Waals surface area (Å²) >= 11 is 0. The monoisotopic (exact) mass is 319 g/mol. The molecule has 5 rings (SSSR count). The zero-order valence-electron chi connectivity index (χ0n) is 13.9. The number of fused-ring (bicyclic) bond motifs is 2. The van der Waals surface area contributed by atoms with Crippen LogP contribution < -0.4 is 15.1 Å². The molecule has 0 spiro atoms. The lowest BCUT2D eigenvalue weighted by Crippen LogP contribution is -2.57. The molecule has 23 heavy (non-hydrogen) atoms. The number of nitrogens with one attached hydrogen (secondary N) is 1. The van der Waals surface area contributed by atoms with Crippen molar-refractivity contribution in [2.75, 3.05) is 49.6 Å². The summed E-state index contributed by atoms with van der Waals surface area (Å²) in [5.41, 5.74) is 2.18. The Morgan fingerprint density at radius 2 is 2.00 bits per heavy atom. The van der Waals surface area contributed by atoms with E-state index in [2.05, 4.69) is 38.3 Å². The van der Waals surface area contributed by atoms with Crippen LogP contribution in [0.4, 0.5) is 11.5 Å². The second-order valence-electron chi connectivity index (χ2n) is 6.71. The minimum Gasteiger partial charge on any atom is -0.375 e. The molecule has 4 aliphatic heterocycles. The molecule has 0 aliphatic carbocycles. The van der Waals surface area contributed by atoms with Crippen molar-refractivity contribution < 1.29 is 9.47 Å². The van der Waals surface area contributed by atoms with Crippen molar-refractivity contribution in [2.45, 2.75) is 38.2 Å². The van der Waals surface area contributed by atoms with Gasteiger partial charge in [0.2, 0.25) is 0 Å². The summed E-state index contributed by atoms with van der Waals surface area (Å²) in [5, 5.41) is 12.2. The smallest absolute Gasteiger partial charge is 0.153 e. The Hall–Kier alpha value is -1.44. The number of rotatable bonds is 4. The maximum absolute atomic E-state index is 5.72. The first-order valence-electron chi connectivity index (χ1n) is 8.51. The van der Waals surface area contributed by atoms with E-state index < -0.39 is 0 Å².